The molecule has 2 atom stereocenters. The first-order chi connectivity index (χ1) is 39.1. The number of nitrogens with one attached hydrogen (secondary N) is 2. The minimum absolute atomic E-state index is 0.122. The maximum absolute atomic E-state index is 14.2. The molecule has 2 unspecified atom stereocenters. The Morgan fingerprint density at radius 3 is 1.32 bits per heavy atom. The van der Waals surface area contributed by atoms with E-state index in [1.54, 1.807) is 24.3 Å². The second-order valence-corrected chi connectivity index (χ2v) is 22.8. The number of amides is 2. The van der Waals surface area contributed by atoms with E-state index in [1.807, 2.05) is 60.7 Å². The Kier molecular flexibility index (Phi) is 18.1. The number of carbonyl (C=O) groups is 6. The predicted octanol–water partition coefficient (Wildman–Crippen LogP) is 11.0. The quantitative estimate of drug-likeness (QED) is 0.0525. The number of piperazine rings is 2. The van der Waals surface area contributed by atoms with E-state index in [-0.39, 0.29) is 57.8 Å². The number of halogens is 4. The average Bonchev–Trinajstić information content (AvgIpc) is 4.34. The van der Waals surface area contributed by atoms with E-state index in [2.05, 4.69) is 20.4 Å². The second kappa shape index (κ2) is 25.5. The molecule has 4 saturated heterocycles. The van der Waals surface area contributed by atoms with Gasteiger partial charge in [0, 0.05) is 110 Å². The highest BCUT2D eigenvalue weighted by molar-refractivity contribution is 7.99. The van der Waals surface area contributed by atoms with Crippen LogP contribution in [0.25, 0.3) is 34.4 Å². The Morgan fingerprint density at radius 2 is 0.951 bits per heavy atom. The van der Waals surface area contributed by atoms with Gasteiger partial charge in [0.2, 0.25) is 11.8 Å². The molecule has 6 aromatic rings. The van der Waals surface area contributed by atoms with E-state index >= 15 is 0 Å². The zero-order chi connectivity index (χ0) is 56.9. The minimum Gasteiger partial charge on any atom is -0.481 e. The van der Waals surface area contributed by atoms with Gasteiger partial charge in [0.25, 0.3) is 0 Å². The molecule has 2 aromatic heterocycles. The van der Waals surface area contributed by atoms with Crippen molar-refractivity contribution in [2.24, 2.45) is 11.8 Å². The van der Waals surface area contributed by atoms with E-state index in [4.69, 9.17) is 55.2 Å². The van der Waals surface area contributed by atoms with E-state index < -0.39 is 47.7 Å². The molecule has 0 bridgehead atoms. The highest BCUT2D eigenvalue weighted by atomic mass is 35.5. The molecule has 0 saturated carbocycles. The number of nitrogens with zero attached hydrogens (tertiary/aromatic N) is 4. The first kappa shape index (κ1) is 57.4. The monoisotopic (exact) mass is 1190 g/mol. The third-order valence-corrected chi connectivity index (χ3v) is 18.5. The van der Waals surface area contributed by atoms with Crippen molar-refractivity contribution in [1.29, 1.82) is 0 Å². The van der Waals surface area contributed by atoms with Crippen molar-refractivity contribution in [3.63, 3.8) is 0 Å². The van der Waals surface area contributed by atoms with E-state index in [1.165, 1.54) is 58.8 Å². The van der Waals surface area contributed by atoms with Crippen LogP contribution in [0.2, 0.25) is 20.1 Å². The summed E-state index contributed by atoms with van der Waals surface area (Å²) in [5, 5.41) is 26.4. The van der Waals surface area contributed by atoms with Crippen molar-refractivity contribution in [2.45, 2.75) is 47.6 Å². The topological polar surface area (TPSA) is 206 Å². The van der Waals surface area contributed by atoms with Crippen LogP contribution < -0.4 is 20.4 Å². The standard InChI is InChI=1S/C60H56Cl4N6O10S/c61-53-43(7-9-51(71)69-23-17-65-31-47(69)57(73)39-15-25-79-33-39)45(37-3-1-5-41(27-37)67-19-11-35(12-20-67)59(75)76)29-49(55(53)63)81-50-30-46(38-4-2-6-42(28-38)68-21-13-36(14-22-68)60(77)78)44(54(62)56(50)64)8-10-52(72)70-24-18-66-32-48(70)58(74)40-16-26-80-34-40/h1-10,15-16,25-30,33-36,47-48,65-66H,11-14,17-24,31-32H2,(H,75,76)(H,77,78)/b9-7+,10-8+. The number of hydrogen-bond acceptors (Lipinski definition) is 13. The Hall–Kier alpha value is -6.83. The smallest absolute Gasteiger partial charge is 0.306 e. The maximum Gasteiger partial charge on any atom is 0.306 e. The van der Waals surface area contributed by atoms with Crippen LogP contribution in [0.15, 0.2) is 129 Å². The third-order valence-electron chi connectivity index (χ3n) is 15.4. The van der Waals surface area contributed by atoms with Gasteiger partial charge in [0.1, 0.15) is 24.6 Å². The molecule has 0 spiro atoms. The molecular weight excluding hydrogens is 1140 g/mol. The normalized spacial score (nSPS) is 18.5. The summed E-state index contributed by atoms with van der Waals surface area (Å²) in [5.41, 5.74) is 5.89. The van der Waals surface area contributed by atoms with Gasteiger partial charge in [-0.05, 0) is 109 Å². The van der Waals surface area contributed by atoms with Gasteiger partial charge in [0.15, 0.2) is 11.6 Å². The lowest BCUT2D eigenvalue weighted by molar-refractivity contribution is -0.143. The Labute approximate surface area is 491 Å². The zero-order valence-electron chi connectivity index (χ0n) is 43.6. The van der Waals surface area contributed by atoms with Gasteiger partial charge in [-0.2, -0.15) is 0 Å². The van der Waals surface area contributed by atoms with Crippen LogP contribution in [-0.2, 0) is 19.2 Å². The van der Waals surface area contributed by atoms with Crippen LogP contribution in [0.4, 0.5) is 11.4 Å². The van der Waals surface area contributed by atoms with Crippen LogP contribution in [-0.4, -0.2) is 133 Å². The molecule has 16 nitrogen and oxygen atoms in total. The van der Waals surface area contributed by atoms with Crippen molar-refractivity contribution >= 4 is 117 Å². The van der Waals surface area contributed by atoms with Crippen LogP contribution in [0.1, 0.15) is 57.5 Å². The number of anilines is 2. The van der Waals surface area contributed by atoms with Gasteiger partial charge in [-0.1, -0.05) is 82.4 Å². The maximum atomic E-state index is 14.2. The highest BCUT2D eigenvalue weighted by Gasteiger charge is 2.35. The van der Waals surface area contributed by atoms with Gasteiger partial charge in [-0.25, -0.2) is 0 Å². The summed E-state index contributed by atoms with van der Waals surface area (Å²) < 4.78 is 10.4. The number of ketones is 2. The number of carboxylic acid groups (broad SMARTS) is 2. The van der Waals surface area contributed by atoms with Crippen LogP contribution >= 0.6 is 58.2 Å². The number of rotatable bonds is 16. The van der Waals surface area contributed by atoms with E-state index in [0.29, 0.717) is 119 Å². The molecular formula is C60H56Cl4N6O10S. The fourth-order valence-corrected chi connectivity index (χ4v) is 13.1. The SMILES string of the molecule is O=C(O)C1CCN(c2cccc(-c3cc(Sc4cc(-c5cccc(N6CCC(C(=O)O)CC6)c5)c(/C=C/C(=O)N5CCNCC5C(=O)c5ccoc5)c(Cl)c4Cl)c(Cl)c(Cl)c3/C=C/C(=O)N3CCNCC3C(=O)c3ccoc3)c2)CC1. The summed E-state index contributed by atoms with van der Waals surface area (Å²) in [6.45, 7) is 4.11. The van der Waals surface area contributed by atoms with Crippen molar-refractivity contribution in [3.05, 3.63) is 152 Å². The molecule has 4 aliphatic rings. The molecule has 81 heavy (non-hydrogen) atoms. The number of piperidine rings is 2. The molecule has 0 radical (unpaired) electrons. The fourth-order valence-electron chi connectivity index (χ4n) is 10.9. The Bertz CT molecular complexity index is 3210. The van der Waals surface area contributed by atoms with Gasteiger partial charge < -0.3 is 49.3 Å². The first-order valence-electron chi connectivity index (χ1n) is 26.5. The lowest BCUT2D eigenvalue weighted by Crippen LogP contribution is -2.56. The number of Topliss-reactive ketones (excluding diaryl/α,β-unsaturated/α-hetero) is 2. The van der Waals surface area contributed by atoms with Crippen LogP contribution in [0.5, 0.6) is 0 Å². The van der Waals surface area contributed by atoms with Gasteiger partial charge >= 0.3 is 11.9 Å². The highest BCUT2D eigenvalue weighted by Crippen LogP contribution is 2.49. The molecule has 6 heterocycles. The predicted molar refractivity (Wildman–Crippen MR) is 314 cm³/mol. The summed E-state index contributed by atoms with van der Waals surface area (Å²) >= 11 is 30.6. The van der Waals surface area contributed by atoms with Crippen molar-refractivity contribution < 1.29 is 47.8 Å². The van der Waals surface area contributed by atoms with Crippen molar-refractivity contribution in [3.8, 4) is 22.3 Å². The van der Waals surface area contributed by atoms with Crippen molar-refractivity contribution in [1.82, 2.24) is 20.4 Å². The number of furan rings is 2. The van der Waals surface area contributed by atoms with E-state index in [9.17, 15) is 39.0 Å². The van der Waals surface area contributed by atoms with Gasteiger partial charge in [0.05, 0.1) is 55.6 Å². The molecule has 4 fully saturated rings. The summed E-state index contributed by atoms with van der Waals surface area (Å²) in [4.78, 5) is 87.6. The van der Waals surface area contributed by atoms with Gasteiger partial charge in [-0.3, -0.25) is 28.8 Å². The molecule has 4 N–H and O–H groups in total. The van der Waals surface area contributed by atoms with Gasteiger partial charge in [-0.15, -0.1) is 0 Å². The molecule has 2 amide bonds. The molecule has 0 aliphatic carbocycles. The number of carboxylic acids is 2. The average molecular weight is 1200 g/mol. The largest absolute Gasteiger partial charge is 0.481 e. The third kappa shape index (κ3) is 12.6. The zero-order valence-corrected chi connectivity index (χ0v) is 47.5. The summed E-state index contributed by atoms with van der Waals surface area (Å²) in [7, 11) is 0. The lowest BCUT2D eigenvalue weighted by Gasteiger charge is -2.34. The molecule has 21 heteroatoms. The molecule has 4 aliphatic heterocycles. The minimum atomic E-state index is -0.813. The summed E-state index contributed by atoms with van der Waals surface area (Å²) in [6.07, 6.45) is 13.4. The van der Waals surface area contributed by atoms with Crippen molar-refractivity contribution in [2.75, 3.05) is 75.2 Å². The number of aliphatic carboxylic acids is 2. The van der Waals surface area contributed by atoms with E-state index in [0.717, 1.165) is 11.4 Å². The molecule has 420 valence electrons. The fraction of sp³-hybridized carbons (Fsp3) is 0.300. The second-order valence-electron chi connectivity index (χ2n) is 20.3. The number of hydrogen-bond donors (Lipinski definition) is 4. The molecule has 10 rings (SSSR count). The number of carbonyl (C=O) groups excluding carboxylic acids is 4. The Morgan fingerprint density at radius 1 is 0.543 bits per heavy atom. The molecule has 4 aromatic carbocycles. The summed E-state index contributed by atoms with van der Waals surface area (Å²) in [6, 6.07) is 20.8. The Balaban J connectivity index is 1.04. The first-order valence-corrected chi connectivity index (χ1v) is 28.9. The summed E-state index contributed by atoms with van der Waals surface area (Å²) in [5.74, 6) is -3.86. The van der Waals surface area contributed by atoms with Crippen LogP contribution in [0, 0.1) is 11.8 Å². The lowest BCUT2D eigenvalue weighted by atomic mass is 9.95. The number of benzene rings is 4. The van der Waals surface area contributed by atoms with Crippen LogP contribution in [0.3, 0.4) is 0 Å².